The van der Waals surface area contributed by atoms with Gasteiger partial charge in [-0.15, -0.1) is 0 Å². The number of piperidine rings is 1. The van der Waals surface area contributed by atoms with Gasteiger partial charge in [0.1, 0.15) is 0 Å². The fraction of sp³-hybridized carbons (Fsp3) is 0.857. The Hall–Kier alpha value is -1.26. The monoisotopic (exact) mass is 268 g/mol. The van der Waals surface area contributed by atoms with Crippen molar-refractivity contribution in [1.29, 1.82) is 0 Å². The number of carboxylic acid groups (broad SMARTS) is 1. The summed E-state index contributed by atoms with van der Waals surface area (Å²) in [7, 11) is 0. The smallest absolute Gasteiger partial charge is 0.317 e. The summed E-state index contributed by atoms with van der Waals surface area (Å²) in [6.07, 6.45) is 4.34. The lowest BCUT2D eigenvalue weighted by molar-refractivity contribution is -0.152. The number of nitrogens with zero attached hydrogens (tertiary/aromatic N) is 1. The zero-order chi connectivity index (χ0) is 14.1. The number of likely N-dealkylation sites (tertiary alicyclic amines) is 1. The molecular formula is C14H24N2O3. The lowest BCUT2D eigenvalue weighted by atomic mass is 9.78. The van der Waals surface area contributed by atoms with Gasteiger partial charge in [-0.25, -0.2) is 4.79 Å². The van der Waals surface area contributed by atoms with Crippen molar-refractivity contribution in [3.63, 3.8) is 0 Å². The van der Waals surface area contributed by atoms with E-state index in [9.17, 15) is 14.7 Å². The van der Waals surface area contributed by atoms with Crippen molar-refractivity contribution in [3.05, 3.63) is 0 Å². The molecule has 1 aliphatic carbocycles. The topological polar surface area (TPSA) is 69.6 Å². The van der Waals surface area contributed by atoms with E-state index in [0.717, 1.165) is 6.42 Å². The lowest BCUT2D eigenvalue weighted by Gasteiger charge is -2.39. The first-order valence-electron chi connectivity index (χ1n) is 7.17. The highest BCUT2D eigenvalue weighted by Gasteiger charge is 2.43. The van der Waals surface area contributed by atoms with Gasteiger partial charge in [0.2, 0.25) is 0 Å². The molecule has 0 spiro atoms. The van der Waals surface area contributed by atoms with Gasteiger partial charge in [0, 0.05) is 19.6 Å². The summed E-state index contributed by atoms with van der Waals surface area (Å²) in [5, 5.41) is 12.3. The average Bonchev–Trinajstić information content (AvgIpc) is 3.14. The summed E-state index contributed by atoms with van der Waals surface area (Å²) in [5.74, 6) is -0.776. The van der Waals surface area contributed by atoms with E-state index in [1.54, 1.807) is 4.90 Å². The summed E-state index contributed by atoms with van der Waals surface area (Å²) < 4.78 is 0. The van der Waals surface area contributed by atoms with E-state index < -0.39 is 11.4 Å². The van der Waals surface area contributed by atoms with Gasteiger partial charge in [-0.1, -0.05) is 13.8 Å². The van der Waals surface area contributed by atoms with Gasteiger partial charge >= 0.3 is 12.0 Å². The van der Waals surface area contributed by atoms with Gasteiger partial charge in [-0.05, 0) is 37.5 Å². The predicted molar refractivity (Wildman–Crippen MR) is 71.9 cm³/mol. The molecule has 19 heavy (non-hydrogen) atoms. The fourth-order valence-corrected chi connectivity index (χ4v) is 2.71. The highest BCUT2D eigenvalue weighted by atomic mass is 16.4. The number of hydrogen-bond donors (Lipinski definition) is 2. The summed E-state index contributed by atoms with van der Waals surface area (Å²) in [4.78, 5) is 25.2. The quantitative estimate of drug-likeness (QED) is 0.820. The molecule has 1 heterocycles. The Morgan fingerprint density at radius 3 is 2.53 bits per heavy atom. The van der Waals surface area contributed by atoms with Gasteiger partial charge in [-0.2, -0.15) is 0 Å². The molecule has 1 saturated carbocycles. The Bertz CT molecular complexity index is 379. The van der Waals surface area contributed by atoms with Crippen LogP contribution in [-0.4, -0.2) is 41.6 Å². The van der Waals surface area contributed by atoms with Crippen molar-refractivity contribution in [2.75, 3.05) is 19.6 Å². The second-order valence-corrected chi connectivity index (χ2v) is 6.43. The maximum Gasteiger partial charge on any atom is 0.317 e. The molecule has 2 amide bonds. The number of carbonyl (C=O) groups is 2. The molecule has 0 aromatic rings. The number of aliphatic carboxylic acids is 1. The molecular weight excluding hydrogens is 244 g/mol. The van der Waals surface area contributed by atoms with Crippen LogP contribution in [0.5, 0.6) is 0 Å². The Morgan fingerprint density at radius 1 is 1.32 bits per heavy atom. The molecule has 0 aromatic heterocycles. The minimum Gasteiger partial charge on any atom is -0.481 e. The van der Waals surface area contributed by atoms with Gasteiger partial charge in [0.25, 0.3) is 0 Å². The Labute approximate surface area is 114 Å². The van der Waals surface area contributed by atoms with E-state index >= 15 is 0 Å². The number of carbonyl (C=O) groups excluding carboxylic acids is 1. The number of carboxylic acids is 1. The second-order valence-electron chi connectivity index (χ2n) is 6.43. The highest BCUT2D eigenvalue weighted by molar-refractivity contribution is 5.78. The van der Waals surface area contributed by atoms with Crippen LogP contribution in [-0.2, 0) is 4.79 Å². The van der Waals surface area contributed by atoms with Crippen LogP contribution in [0.3, 0.4) is 0 Å². The molecule has 2 N–H and O–H groups in total. The maximum absolute atomic E-state index is 12.1. The van der Waals surface area contributed by atoms with Crippen LogP contribution in [0.15, 0.2) is 0 Å². The normalized spacial score (nSPS) is 28.8. The molecule has 2 fully saturated rings. The van der Waals surface area contributed by atoms with E-state index in [1.807, 2.05) is 6.92 Å². The Balaban J connectivity index is 1.92. The van der Waals surface area contributed by atoms with Gasteiger partial charge in [0.15, 0.2) is 0 Å². The minimum atomic E-state index is -0.776. The molecule has 108 valence electrons. The molecule has 0 radical (unpaired) electrons. The minimum absolute atomic E-state index is 0.105. The van der Waals surface area contributed by atoms with Crippen LogP contribution in [0.4, 0.5) is 4.79 Å². The van der Waals surface area contributed by atoms with Crippen molar-refractivity contribution in [2.45, 2.75) is 46.0 Å². The first kappa shape index (κ1) is 14.2. The van der Waals surface area contributed by atoms with Crippen LogP contribution in [0.1, 0.15) is 46.0 Å². The van der Waals surface area contributed by atoms with Crippen molar-refractivity contribution < 1.29 is 14.7 Å². The molecule has 1 atom stereocenters. The van der Waals surface area contributed by atoms with Crippen molar-refractivity contribution >= 4 is 12.0 Å². The molecule has 5 heteroatoms. The van der Waals surface area contributed by atoms with E-state index in [4.69, 9.17) is 0 Å². The van der Waals surface area contributed by atoms with Crippen LogP contribution in [0.2, 0.25) is 0 Å². The first-order valence-corrected chi connectivity index (χ1v) is 7.17. The van der Waals surface area contributed by atoms with E-state index in [0.29, 0.717) is 32.5 Å². The molecule has 1 aliphatic heterocycles. The van der Waals surface area contributed by atoms with Gasteiger partial charge in [-0.3, -0.25) is 4.79 Å². The Morgan fingerprint density at radius 2 is 2.00 bits per heavy atom. The average molecular weight is 268 g/mol. The number of rotatable bonds is 4. The SMILES string of the molecule is CCC1(C(=O)O)CCCN(C(=O)NCC2(C)CC2)C1. The zero-order valence-corrected chi connectivity index (χ0v) is 11.9. The summed E-state index contributed by atoms with van der Waals surface area (Å²) in [5.41, 5.74) is -0.473. The Kier molecular flexibility index (Phi) is 3.74. The number of hydrogen-bond acceptors (Lipinski definition) is 2. The van der Waals surface area contributed by atoms with E-state index in [1.165, 1.54) is 12.8 Å². The third kappa shape index (κ3) is 3.01. The first-order chi connectivity index (χ1) is 8.91. The summed E-state index contributed by atoms with van der Waals surface area (Å²) in [6.45, 7) is 5.76. The predicted octanol–water partition coefficient (Wildman–Crippen LogP) is 2.07. The summed E-state index contributed by atoms with van der Waals surface area (Å²) in [6, 6.07) is -0.105. The fourth-order valence-electron chi connectivity index (χ4n) is 2.71. The zero-order valence-electron chi connectivity index (χ0n) is 11.9. The third-order valence-corrected chi connectivity index (χ3v) is 4.76. The largest absolute Gasteiger partial charge is 0.481 e. The molecule has 1 saturated heterocycles. The number of nitrogens with one attached hydrogen (secondary N) is 1. The van der Waals surface area contributed by atoms with Gasteiger partial charge in [0.05, 0.1) is 5.41 Å². The van der Waals surface area contributed by atoms with E-state index in [-0.39, 0.29) is 11.4 Å². The van der Waals surface area contributed by atoms with Crippen LogP contribution >= 0.6 is 0 Å². The molecule has 2 aliphatic rings. The van der Waals surface area contributed by atoms with Crippen molar-refractivity contribution in [3.8, 4) is 0 Å². The molecule has 2 rings (SSSR count). The molecule has 5 nitrogen and oxygen atoms in total. The standard InChI is InChI=1S/C14H24N2O3/c1-3-14(11(17)18)5-4-8-16(10-14)12(19)15-9-13(2)6-7-13/h3-10H2,1-2H3,(H,15,19)(H,17,18). The van der Waals surface area contributed by atoms with Crippen LogP contribution in [0, 0.1) is 10.8 Å². The molecule has 1 unspecified atom stereocenters. The van der Waals surface area contributed by atoms with Crippen molar-refractivity contribution in [2.24, 2.45) is 10.8 Å². The summed E-state index contributed by atoms with van der Waals surface area (Å²) >= 11 is 0. The van der Waals surface area contributed by atoms with Gasteiger partial charge < -0.3 is 15.3 Å². The number of amides is 2. The maximum atomic E-state index is 12.1. The lowest BCUT2D eigenvalue weighted by Crippen LogP contribution is -2.53. The van der Waals surface area contributed by atoms with E-state index in [2.05, 4.69) is 12.2 Å². The van der Waals surface area contributed by atoms with Crippen LogP contribution < -0.4 is 5.32 Å². The molecule has 0 bridgehead atoms. The van der Waals surface area contributed by atoms with Crippen LogP contribution in [0.25, 0.3) is 0 Å². The van der Waals surface area contributed by atoms with Crippen molar-refractivity contribution in [1.82, 2.24) is 10.2 Å². The highest BCUT2D eigenvalue weighted by Crippen LogP contribution is 2.44. The second kappa shape index (κ2) is 5.02. The third-order valence-electron chi connectivity index (χ3n) is 4.76. The molecule has 0 aromatic carbocycles. The number of urea groups is 1.